The summed E-state index contributed by atoms with van der Waals surface area (Å²) in [7, 11) is 1.68. The minimum Gasteiger partial charge on any atom is -0.364 e. The Labute approximate surface area is 214 Å². The van der Waals surface area contributed by atoms with Gasteiger partial charge >= 0.3 is 0 Å². The number of hydrogen-bond donors (Lipinski definition) is 0. The first-order chi connectivity index (χ1) is 17.8. The molecule has 1 fully saturated rings. The zero-order valence-electron chi connectivity index (χ0n) is 20.9. The van der Waals surface area contributed by atoms with Gasteiger partial charge in [0.05, 0.1) is 17.2 Å². The van der Waals surface area contributed by atoms with Gasteiger partial charge in [-0.2, -0.15) is 5.26 Å². The second-order valence-corrected chi connectivity index (χ2v) is 9.60. The van der Waals surface area contributed by atoms with Crippen molar-refractivity contribution in [3.05, 3.63) is 106 Å². The molecule has 8 heteroatoms. The van der Waals surface area contributed by atoms with E-state index in [1.54, 1.807) is 25.2 Å². The Bertz CT molecular complexity index is 1540. The lowest BCUT2D eigenvalue weighted by molar-refractivity contribution is 0.126. The summed E-state index contributed by atoms with van der Waals surface area (Å²) in [6.45, 7) is 5.03. The van der Waals surface area contributed by atoms with E-state index >= 15 is 8.78 Å². The second-order valence-electron chi connectivity index (χ2n) is 9.60. The molecule has 2 unspecified atom stereocenters. The van der Waals surface area contributed by atoms with Gasteiger partial charge in [0, 0.05) is 43.9 Å². The molecule has 0 saturated carbocycles. The number of aryl methyl sites for hydroxylation is 1. The van der Waals surface area contributed by atoms with Gasteiger partial charge in [-0.3, -0.25) is 9.69 Å². The fourth-order valence-corrected chi connectivity index (χ4v) is 5.37. The van der Waals surface area contributed by atoms with Crippen LogP contribution in [0.2, 0.25) is 0 Å². The van der Waals surface area contributed by atoms with Crippen LogP contribution in [-0.2, 0) is 7.05 Å². The molecule has 1 aliphatic heterocycles. The summed E-state index contributed by atoms with van der Waals surface area (Å²) in [5.41, 5.74) is 2.80. The van der Waals surface area contributed by atoms with E-state index in [1.165, 1.54) is 22.8 Å². The van der Waals surface area contributed by atoms with Crippen LogP contribution in [0.15, 0.2) is 71.5 Å². The normalized spacial score (nSPS) is 19.1. The summed E-state index contributed by atoms with van der Waals surface area (Å²) in [5, 5.41) is 9.41. The summed E-state index contributed by atoms with van der Waals surface area (Å²) in [4.78, 5) is 21.6. The van der Waals surface area contributed by atoms with E-state index in [4.69, 9.17) is 0 Å². The zero-order valence-corrected chi connectivity index (χ0v) is 20.9. The van der Waals surface area contributed by atoms with Crippen LogP contribution in [-0.4, -0.2) is 39.6 Å². The number of halogens is 2. The Balaban J connectivity index is 1.58. The van der Waals surface area contributed by atoms with Crippen LogP contribution in [0, 0.1) is 23.0 Å². The number of piperazine rings is 1. The van der Waals surface area contributed by atoms with Crippen molar-refractivity contribution in [2.24, 2.45) is 7.05 Å². The van der Waals surface area contributed by atoms with E-state index in [0.717, 1.165) is 5.56 Å². The Morgan fingerprint density at radius 3 is 2.35 bits per heavy atom. The van der Waals surface area contributed by atoms with Gasteiger partial charge in [0.25, 0.3) is 5.56 Å². The minimum absolute atomic E-state index is 0.0283. The summed E-state index contributed by atoms with van der Waals surface area (Å²) in [5.74, 6) is -1.16. The Morgan fingerprint density at radius 1 is 0.973 bits per heavy atom. The summed E-state index contributed by atoms with van der Waals surface area (Å²) in [6, 6.07) is 19.5. The number of rotatable bonds is 4. The van der Waals surface area contributed by atoms with Crippen molar-refractivity contribution in [1.82, 2.24) is 14.5 Å². The maximum absolute atomic E-state index is 15.1. The van der Waals surface area contributed by atoms with E-state index in [2.05, 4.69) is 20.9 Å². The smallest absolute Gasteiger partial charge is 0.252 e. The molecular weight excluding hydrogens is 472 g/mol. The van der Waals surface area contributed by atoms with Gasteiger partial charge in [-0.1, -0.05) is 36.4 Å². The summed E-state index contributed by atoms with van der Waals surface area (Å²) < 4.78 is 31.7. The van der Waals surface area contributed by atoms with E-state index in [-0.39, 0.29) is 28.9 Å². The molecule has 1 aliphatic rings. The lowest BCUT2D eigenvalue weighted by atomic mass is 9.92. The fourth-order valence-electron chi connectivity index (χ4n) is 5.37. The quantitative estimate of drug-likeness (QED) is 0.405. The first-order valence-corrected chi connectivity index (χ1v) is 12.2. The highest BCUT2D eigenvalue weighted by Gasteiger charge is 2.37. The van der Waals surface area contributed by atoms with Crippen molar-refractivity contribution in [1.29, 1.82) is 5.26 Å². The van der Waals surface area contributed by atoms with Gasteiger partial charge in [0.2, 0.25) is 0 Å². The van der Waals surface area contributed by atoms with Crippen LogP contribution >= 0.6 is 0 Å². The van der Waals surface area contributed by atoms with Crippen LogP contribution in [0.1, 0.15) is 36.7 Å². The summed E-state index contributed by atoms with van der Waals surface area (Å²) >= 11 is 0. The van der Waals surface area contributed by atoms with Crippen LogP contribution in [0.4, 0.5) is 14.5 Å². The molecule has 0 amide bonds. The van der Waals surface area contributed by atoms with Crippen molar-refractivity contribution in [3.8, 4) is 6.07 Å². The lowest BCUT2D eigenvalue weighted by Gasteiger charge is -2.48. The Hall–Kier alpha value is -4.09. The molecule has 4 aromatic rings. The monoisotopic (exact) mass is 499 g/mol. The van der Waals surface area contributed by atoms with Crippen LogP contribution < -0.4 is 10.5 Å². The number of fused-ring (bicyclic) bond motifs is 1. The van der Waals surface area contributed by atoms with Crippen molar-refractivity contribution in [2.45, 2.75) is 32.0 Å². The molecule has 0 N–H and O–H groups in total. The number of pyridine rings is 2. The molecule has 0 bridgehead atoms. The maximum atomic E-state index is 15.1. The highest BCUT2D eigenvalue weighted by Crippen LogP contribution is 2.37. The SMILES string of the molecule is CC1CN(c2cc(=O)n(C)c3ccc(C#N)nc23)[C@@H](C)CN1C(c1ccccc1)c1c(F)cccc1F. The molecule has 188 valence electrons. The predicted molar refractivity (Wildman–Crippen MR) is 139 cm³/mol. The first kappa shape index (κ1) is 24.6. The fraction of sp³-hybridized carbons (Fsp3) is 0.276. The van der Waals surface area contributed by atoms with Gasteiger partial charge in [0.1, 0.15) is 28.9 Å². The van der Waals surface area contributed by atoms with Crippen molar-refractivity contribution in [2.75, 3.05) is 18.0 Å². The predicted octanol–water partition coefficient (Wildman–Crippen LogP) is 4.77. The number of benzene rings is 2. The number of hydrogen-bond acceptors (Lipinski definition) is 5. The lowest BCUT2D eigenvalue weighted by Crippen LogP contribution is -2.58. The molecule has 0 radical (unpaired) electrons. The molecule has 3 atom stereocenters. The van der Waals surface area contributed by atoms with Crippen LogP contribution in [0.25, 0.3) is 11.0 Å². The minimum atomic E-state index is -0.620. The third-order valence-electron chi connectivity index (χ3n) is 7.25. The number of anilines is 1. The molecule has 1 saturated heterocycles. The molecule has 0 spiro atoms. The number of nitriles is 1. The average molecular weight is 500 g/mol. The highest BCUT2D eigenvalue weighted by atomic mass is 19.1. The zero-order chi connectivity index (χ0) is 26.3. The van der Waals surface area contributed by atoms with Crippen LogP contribution in [0.5, 0.6) is 0 Å². The molecule has 0 aliphatic carbocycles. The third-order valence-corrected chi connectivity index (χ3v) is 7.25. The van der Waals surface area contributed by atoms with Crippen molar-refractivity contribution >= 4 is 16.7 Å². The van der Waals surface area contributed by atoms with Gasteiger partial charge in [0.15, 0.2) is 0 Å². The van der Waals surface area contributed by atoms with E-state index in [1.807, 2.05) is 44.2 Å². The average Bonchev–Trinajstić information content (AvgIpc) is 2.90. The number of nitrogens with zero attached hydrogens (tertiary/aromatic N) is 5. The third kappa shape index (κ3) is 4.36. The molecule has 3 heterocycles. The van der Waals surface area contributed by atoms with Crippen molar-refractivity contribution in [3.63, 3.8) is 0 Å². The largest absolute Gasteiger partial charge is 0.364 e. The van der Waals surface area contributed by atoms with Gasteiger partial charge in [-0.25, -0.2) is 13.8 Å². The molecule has 5 rings (SSSR count). The molecule has 2 aromatic carbocycles. The van der Waals surface area contributed by atoms with Gasteiger partial charge < -0.3 is 9.47 Å². The van der Waals surface area contributed by atoms with Gasteiger partial charge in [-0.15, -0.1) is 0 Å². The molecule has 37 heavy (non-hydrogen) atoms. The number of aromatic nitrogens is 2. The maximum Gasteiger partial charge on any atom is 0.252 e. The highest BCUT2D eigenvalue weighted by molar-refractivity contribution is 5.89. The van der Waals surface area contributed by atoms with E-state index < -0.39 is 17.7 Å². The Kier molecular flexibility index (Phi) is 6.48. The Morgan fingerprint density at radius 2 is 1.68 bits per heavy atom. The van der Waals surface area contributed by atoms with Crippen molar-refractivity contribution < 1.29 is 8.78 Å². The molecule has 2 aromatic heterocycles. The topological polar surface area (TPSA) is 65.2 Å². The summed E-state index contributed by atoms with van der Waals surface area (Å²) in [6.07, 6.45) is 0. The molecular formula is C29H27F2N5O. The standard InChI is InChI=1S/C29H27F2N5O/c1-18-17-36(29(20-8-5-4-6-9-20)27-22(30)10-7-11-23(27)31)19(2)16-35(18)25-14-26(37)34(3)24-13-12-21(15-32)33-28(24)25/h4-14,18-19,29H,16-17H2,1-3H3/t18-,19?,29?/m0/s1. The van der Waals surface area contributed by atoms with E-state index in [0.29, 0.717) is 29.8 Å². The van der Waals surface area contributed by atoms with Gasteiger partial charge in [-0.05, 0) is 43.7 Å². The van der Waals surface area contributed by atoms with Crippen LogP contribution in [0.3, 0.4) is 0 Å². The second kappa shape index (κ2) is 9.75. The first-order valence-electron chi connectivity index (χ1n) is 12.2. The van der Waals surface area contributed by atoms with E-state index in [9.17, 15) is 10.1 Å². The molecule has 6 nitrogen and oxygen atoms in total.